The predicted molar refractivity (Wildman–Crippen MR) is 93.8 cm³/mol. The molecule has 0 saturated heterocycles. The molecule has 2 fully saturated rings. The van der Waals surface area contributed by atoms with E-state index in [-0.39, 0.29) is 41.4 Å². The zero-order chi connectivity index (χ0) is 18.1. The molecule has 4 N–H and O–H groups in total. The zero-order valence-electron chi connectivity index (χ0n) is 15.0. The molecule has 0 amide bonds. The van der Waals surface area contributed by atoms with Gasteiger partial charge in [0, 0.05) is 47.2 Å². The summed E-state index contributed by atoms with van der Waals surface area (Å²) in [5.74, 6) is 1.81. The van der Waals surface area contributed by atoms with E-state index < -0.39 is 0 Å². The van der Waals surface area contributed by atoms with Gasteiger partial charge in [-0.2, -0.15) is 0 Å². The van der Waals surface area contributed by atoms with Crippen LogP contribution in [-0.2, 0) is 7.05 Å². The Balaban J connectivity index is 1.54. The van der Waals surface area contributed by atoms with Gasteiger partial charge in [0.15, 0.2) is 23.5 Å². The SMILES string of the molecule is CC1C2CCC(C2)C1n1c(O)c2c(c1O)C1CC2c2c1c(O)n(C)c2O. The molecule has 4 bridgehead atoms. The van der Waals surface area contributed by atoms with Crippen molar-refractivity contribution < 1.29 is 20.4 Å². The molecular weight excluding hydrogens is 332 g/mol. The first-order chi connectivity index (χ1) is 12.4. The minimum Gasteiger partial charge on any atom is -0.494 e. The minimum absolute atomic E-state index is 0.0654. The van der Waals surface area contributed by atoms with Gasteiger partial charge in [0.2, 0.25) is 0 Å². The van der Waals surface area contributed by atoms with Crippen molar-refractivity contribution in [2.75, 3.05) is 0 Å². The molecule has 6 atom stereocenters. The normalized spacial score (nSPS) is 36.1. The molecule has 2 heterocycles. The van der Waals surface area contributed by atoms with E-state index in [0.717, 1.165) is 28.7 Å². The van der Waals surface area contributed by atoms with E-state index in [2.05, 4.69) is 6.92 Å². The van der Waals surface area contributed by atoms with Crippen LogP contribution < -0.4 is 0 Å². The summed E-state index contributed by atoms with van der Waals surface area (Å²) >= 11 is 0. The van der Waals surface area contributed by atoms with Crippen LogP contribution in [0, 0.1) is 17.8 Å². The van der Waals surface area contributed by atoms with Gasteiger partial charge in [-0.1, -0.05) is 6.92 Å². The van der Waals surface area contributed by atoms with Crippen LogP contribution in [0.25, 0.3) is 0 Å². The fourth-order valence-electron chi connectivity index (χ4n) is 6.95. The number of rotatable bonds is 1. The maximum atomic E-state index is 11.1. The van der Waals surface area contributed by atoms with Gasteiger partial charge >= 0.3 is 0 Å². The van der Waals surface area contributed by atoms with Gasteiger partial charge in [-0.15, -0.1) is 0 Å². The molecule has 4 aliphatic carbocycles. The molecule has 0 spiro atoms. The van der Waals surface area contributed by atoms with Crippen LogP contribution in [-0.4, -0.2) is 29.6 Å². The van der Waals surface area contributed by atoms with Gasteiger partial charge in [-0.3, -0.25) is 9.13 Å². The van der Waals surface area contributed by atoms with Crippen LogP contribution in [0.4, 0.5) is 0 Å². The lowest BCUT2D eigenvalue weighted by molar-refractivity contribution is 0.206. The van der Waals surface area contributed by atoms with Crippen molar-refractivity contribution >= 4 is 0 Å². The van der Waals surface area contributed by atoms with Gasteiger partial charge in [-0.05, 0) is 43.4 Å². The standard InChI is InChI=1S/C20H24N2O4/c1-7-8-3-4-9(5-8)16(7)22-19(25)14-10-6-11(15(14)20(22)26)13-12(10)17(23)21(2)18(13)24/h7-11,16,23-26H,3-6H2,1-2H3. The van der Waals surface area contributed by atoms with Crippen molar-refractivity contribution in [3.63, 3.8) is 0 Å². The van der Waals surface area contributed by atoms with Gasteiger partial charge in [0.05, 0.1) is 0 Å². The van der Waals surface area contributed by atoms with E-state index in [9.17, 15) is 20.4 Å². The number of aromatic nitrogens is 2. The maximum absolute atomic E-state index is 11.1. The molecule has 6 rings (SSSR count). The average Bonchev–Trinajstić information content (AvgIpc) is 3.41. The second kappa shape index (κ2) is 4.35. The van der Waals surface area contributed by atoms with Crippen LogP contribution >= 0.6 is 0 Å². The first-order valence-electron chi connectivity index (χ1n) is 9.68. The third-order valence-electron chi connectivity index (χ3n) is 8.08. The molecule has 6 nitrogen and oxygen atoms in total. The van der Waals surface area contributed by atoms with Crippen LogP contribution in [0.3, 0.4) is 0 Å². The van der Waals surface area contributed by atoms with Crippen LogP contribution in [0.15, 0.2) is 0 Å². The Kier molecular flexibility index (Phi) is 2.49. The fraction of sp³-hybridized carbons (Fsp3) is 0.600. The van der Waals surface area contributed by atoms with Gasteiger partial charge in [-0.25, -0.2) is 0 Å². The second-order valence-corrected chi connectivity index (χ2v) is 8.90. The van der Waals surface area contributed by atoms with E-state index in [1.165, 1.54) is 17.4 Å². The van der Waals surface area contributed by atoms with Gasteiger partial charge < -0.3 is 20.4 Å². The van der Waals surface area contributed by atoms with Crippen molar-refractivity contribution in [2.24, 2.45) is 24.8 Å². The number of nitrogens with zero attached hydrogens (tertiary/aromatic N) is 2. The quantitative estimate of drug-likeness (QED) is 0.631. The van der Waals surface area contributed by atoms with Crippen LogP contribution in [0.5, 0.6) is 23.5 Å². The molecule has 6 heteroatoms. The zero-order valence-corrected chi connectivity index (χ0v) is 15.0. The molecular formula is C20H24N2O4. The number of hydrogen-bond acceptors (Lipinski definition) is 4. The predicted octanol–water partition coefficient (Wildman–Crippen LogP) is 3.24. The molecule has 0 aromatic carbocycles. The third-order valence-corrected chi connectivity index (χ3v) is 8.08. The monoisotopic (exact) mass is 356 g/mol. The van der Waals surface area contributed by atoms with E-state index >= 15 is 0 Å². The van der Waals surface area contributed by atoms with Crippen LogP contribution in [0.2, 0.25) is 0 Å². The van der Waals surface area contributed by atoms with E-state index in [0.29, 0.717) is 24.2 Å². The number of aromatic hydroxyl groups is 4. The molecule has 138 valence electrons. The molecule has 0 aliphatic heterocycles. The van der Waals surface area contributed by atoms with Crippen molar-refractivity contribution in [2.45, 2.75) is 50.5 Å². The summed E-state index contributed by atoms with van der Waals surface area (Å²) in [6, 6.07) is 0.145. The van der Waals surface area contributed by atoms with Crippen molar-refractivity contribution in [3.8, 4) is 23.5 Å². The lowest BCUT2D eigenvalue weighted by Gasteiger charge is -2.31. The average molecular weight is 356 g/mol. The summed E-state index contributed by atoms with van der Waals surface area (Å²) in [5, 5.41) is 43.1. The highest BCUT2D eigenvalue weighted by molar-refractivity contribution is 5.70. The molecule has 2 saturated carbocycles. The van der Waals surface area contributed by atoms with E-state index in [1.54, 1.807) is 11.6 Å². The number of hydrogen-bond donors (Lipinski definition) is 4. The Labute approximate surface area is 151 Å². The topological polar surface area (TPSA) is 90.8 Å². The largest absolute Gasteiger partial charge is 0.494 e. The summed E-state index contributed by atoms with van der Waals surface area (Å²) in [6.07, 6.45) is 4.30. The Morgan fingerprint density at radius 2 is 1.23 bits per heavy atom. The highest BCUT2D eigenvalue weighted by atomic mass is 16.3. The molecule has 0 radical (unpaired) electrons. The summed E-state index contributed by atoms with van der Waals surface area (Å²) in [4.78, 5) is 0. The number of fused-ring (bicyclic) bond motifs is 10. The Morgan fingerprint density at radius 1 is 0.731 bits per heavy atom. The Bertz CT molecular complexity index is 913. The smallest absolute Gasteiger partial charge is 0.198 e. The Morgan fingerprint density at radius 3 is 1.73 bits per heavy atom. The second-order valence-electron chi connectivity index (χ2n) is 8.90. The van der Waals surface area contributed by atoms with Crippen molar-refractivity contribution in [1.82, 2.24) is 9.13 Å². The van der Waals surface area contributed by atoms with Crippen molar-refractivity contribution in [3.05, 3.63) is 22.3 Å². The maximum Gasteiger partial charge on any atom is 0.198 e. The van der Waals surface area contributed by atoms with Gasteiger partial charge in [0.1, 0.15) is 0 Å². The summed E-state index contributed by atoms with van der Waals surface area (Å²) in [6.45, 7) is 2.24. The highest BCUT2D eigenvalue weighted by Gasteiger charge is 2.54. The minimum atomic E-state index is -0.154. The van der Waals surface area contributed by atoms with Crippen LogP contribution in [0.1, 0.15) is 72.7 Å². The lowest BCUT2D eigenvalue weighted by atomic mass is 9.85. The summed E-state index contributed by atoms with van der Waals surface area (Å²) in [7, 11) is 1.63. The molecule has 4 aliphatic rings. The molecule has 2 aromatic rings. The Hall–Kier alpha value is -2.24. The molecule has 2 aromatic heterocycles. The summed E-state index contributed by atoms with van der Waals surface area (Å²) < 4.78 is 3.16. The first kappa shape index (κ1) is 14.9. The van der Waals surface area contributed by atoms with Crippen molar-refractivity contribution in [1.29, 1.82) is 0 Å². The van der Waals surface area contributed by atoms with E-state index in [1.807, 2.05) is 0 Å². The molecule has 26 heavy (non-hydrogen) atoms. The fourth-order valence-corrected chi connectivity index (χ4v) is 6.95. The van der Waals surface area contributed by atoms with E-state index in [4.69, 9.17) is 0 Å². The molecule has 6 unspecified atom stereocenters. The third kappa shape index (κ3) is 1.37. The lowest BCUT2D eigenvalue weighted by Crippen LogP contribution is -2.23. The first-order valence-corrected chi connectivity index (χ1v) is 9.68. The summed E-state index contributed by atoms with van der Waals surface area (Å²) in [5.41, 5.74) is 2.96. The highest BCUT2D eigenvalue weighted by Crippen LogP contribution is 2.68. The van der Waals surface area contributed by atoms with Gasteiger partial charge in [0.25, 0.3) is 0 Å².